The van der Waals surface area contributed by atoms with Gasteiger partial charge >= 0.3 is 0 Å². The van der Waals surface area contributed by atoms with E-state index in [0.717, 1.165) is 25.7 Å². The maximum Gasteiger partial charge on any atom is -0.0114 e. The van der Waals surface area contributed by atoms with E-state index in [4.69, 9.17) is 0 Å². The minimum atomic E-state index is 1.13. The van der Waals surface area contributed by atoms with Crippen LogP contribution < -0.4 is 0 Å². The van der Waals surface area contributed by atoms with E-state index in [2.05, 4.69) is 62.4 Å². The lowest BCUT2D eigenvalue weighted by atomic mass is 9.88. The van der Waals surface area contributed by atoms with Crippen LogP contribution in [0.3, 0.4) is 0 Å². The van der Waals surface area contributed by atoms with Crippen molar-refractivity contribution in [2.75, 3.05) is 0 Å². The van der Waals surface area contributed by atoms with Gasteiger partial charge in [0.15, 0.2) is 0 Å². The summed E-state index contributed by atoms with van der Waals surface area (Å²) < 4.78 is 0. The molecule has 3 rings (SSSR count). The van der Waals surface area contributed by atoms with Crippen LogP contribution in [0.15, 0.2) is 54.1 Å². The Morgan fingerprint density at radius 2 is 1.20 bits per heavy atom. The molecule has 0 saturated heterocycles. The lowest BCUT2D eigenvalue weighted by Crippen LogP contribution is -1.96. The highest BCUT2D eigenvalue weighted by atomic mass is 14.2. The topological polar surface area (TPSA) is 0 Å². The highest BCUT2D eigenvalue weighted by Crippen LogP contribution is 2.37. The largest absolute Gasteiger partial charge is 0.0623 e. The van der Waals surface area contributed by atoms with Gasteiger partial charge in [-0.15, -0.1) is 0 Å². The molecule has 0 aromatic heterocycles. The molecule has 0 N–H and O–H groups in total. The molecule has 1 aliphatic rings. The van der Waals surface area contributed by atoms with Crippen LogP contribution in [0.5, 0.6) is 0 Å². The van der Waals surface area contributed by atoms with Crippen LogP contribution in [0, 0.1) is 0 Å². The summed E-state index contributed by atoms with van der Waals surface area (Å²) in [5, 5.41) is 0. The lowest BCUT2D eigenvalue weighted by Gasteiger charge is -2.16. The van der Waals surface area contributed by atoms with Crippen LogP contribution in [-0.4, -0.2) is 0 Å². The molecule has 0 bridgehead atoms. The monoisotopic (exact) mass is 262 g/mol. The molecule has 0 heterocycles. The van der Waals surface area contributed by atoms with E-state index in [9.17, 15) is 0 Å². The van der Waals surface area contributed by atoms with Crippen molar-refractivity contribution in [3.05, 3.63) is 76.4 Å². The second kappa shape index (κ2) is 5.66. The van der Waals surface area contributed by atoms with E-state index in [1.54, 1.807) is 5.57 Å². The van der Waals surface area contributed by atoms with E-state index >= 15 is 0 Å². The van der Waals surface area contributed by atoms with Crippen LogP contribution in [-0.2, 0) is 12.8 Å². The minimum absolute atomic E-state index is 1.13. The summed E-state index contributed by atoms with van der Waals surface area (Å²) in [4.78, 5) is 0. The fourth-order valence-corrected chi connectivity index (χ4v) is 3.36. The first-order chi connectivity index (χ1) is 9.85. The molecule has 1 aliphatic carbocycles. The standard InChI is InChI=1S/C20H22/c1-3-15(4-2)20-18-11-7-5-9-16(18)13-14-17-10-6-8-12-19(17)20/h5-12H,3-4,13-14H2,1-2H3. The van der Waals surface area contributed by atoms with E-state index in [1.165, 1.54) is 27.8 Å². The summed E-state index contributed by atoms with van der Waals surface area (Å²) in [6.45, 7) is 4.56. The molecule has 20 heavy (non-hydrogen) atoms. The molecule has 0 heteroatoms. The zero-order valence-electron chi connectivity index (χ0n) is 12.4. The van der Waals surface area contributed by atoms with E-state index in [0.29, 0.717) is 0 Å². The highest BCUT2D eigenvalue weighted by molar-refractivity contribution is 5.85. The van der Waals surface area contributed by atoms with Crippen molar-refractivity contribution in [3.63, 3.8) is 0 Å². The molecule has 0 nitrogen and oxygen atoms in total. The number of benzene rings is 2. The third kappa shape index (κ3) is 2.20. The van der Waals surface area contributed by atoms with Crippen LogP contribution in [0.1, 0.15) is 48.9 Å². The highest BCUT2D eigenvalue weighted by Gasteiger charge is 2.19. The molecule has 0 amide bonds. The van der Waals surface area contributed by atoms with E-state index < -0.39 is 0 Å². The predicted molar refractivity (Wildman–Crippen MR) is 86.9 cm³/mol. The fourth-order valence-electron chi connectivity index (χ4n) is 3.36. The molecule has 2 aromatic carbocycles. The molecule has 0 saturated carbocycles. The second-order valence-electron chi connectivity index (χ2n) is 5.50. The van der Waals surface area contributed by atoms with Gasteiger partial charge in [0.1, 0.15) is 0 Å². The van der Waals surface area contributed by atoms with Gasteiger partial charge in [-0.2, -0.15) is 0 Å². The van der Waals surface area contributed by atoms with Gasteiger partial charge in [-0.05, 0) is 53.5 Å². The van der Waals surface area contributed by atoms with E-state index in [-0.39, 0.29) is 0 Å². The average Bonchev–Trinajstić information content (AvgIpc) is 2.67. The fraction of sp³-hybridized carbons (Fsp3) is 0.300. The van der Waals surface area contributed by atoms with Crippen LogP contribution in [0.25, 0.3) is 5.57 Å². The smallest absolute Gasteiger partial charge is 0.0114 e. The second-order valence-corrected chi connectivity index (χ2v) is 5.50. The Balaban J connectivity index is 2.33. The average molecular weight is 262 g/mol. The molecular weight excluding hydrogens is 240 g/mol. The number of aryl methyl sites for hydroxylation is 2. The van der Waals surface area contributed by atoms with Gasteiger partial charge < -0.3 is 0 Å². The van der Waals surface area contributed by atoms with Gasteiger partial charge in [0.05, 0.1) is 0 Å². The number of rotatable bonds is 2. The summed E-state index contributed by atoms with van der Waals surface area (Å²) in [6, 6.07) is 17.9. The third-order valence-electron chi connectivity index (χ3n) is 4.44. The minimum Gasteiger partial charge on any atom is -0.0623 e. The summed E-state index contributed by atoms with van der Waals surface area (Å²) >= 11 is 0. The molecule has 0 spiro atoms. The van der Waals surface area contributed by atoms with Crippen LogP contribution in [0.2, 0.25) is 0 Å². The van der Waals surface area contributed by atoms with Gasteiger partial charge in [-0.25, -0.2) is 0 Å². The summed E-state index contributed by atoms with van der Waals surface area (Å²) in [6.07, 6.45) is 4.57. The maximum atomic E-state index is 2.30. The van der Waals surface area contributed by atoms with Gasteiger partial charge in [-0.3, -0.25) is 0 Å². The Labute approximate surface area is 122 Å². The zero-order valence-corrected chi connectivity index (χ0v) is 12.4. The molecule has 0 aliphatic heterocycles. The van der Waals surface area contributed by atoms with Crippen molar-refractivity contribution in [1.82, 2.24) is 0 Å². The van der Waals surface area contributed by atoms with Crippen molar-refractivity contribution in [2.45, 2.75) is 39.5 Å². The van der Waals surface area contributed by atoms with Crippen molar-refractivity contribution < 1.29 is 0 Å². The quantitative estimate of drug-likeness (QED) is 0.679. The molecular formula is C20H22. The Bertz CT molecular complexity index is 591. The Morgan fingerprint density at radius 3 is 1.65 bits per heavy atom. The van der Waals surface area contributed by atoms with Gasteiger partial charge in [0.25, 0.3) is 0 Å². The third-order valence-corrected chi connectivity index (χ3v) is 4.44. The summed E-state index contributed by atoms with van der Waals surface area (Å²) in [7, 11) is 0. The first-order valence-electron chi connectivity index (χ1n) is 7.73. The lowest BCUT2D eigenvalue weighted by molar-refractivity contribution is 0.965. The molecule has 0 unspecified atom stereocenters. The summed E-state index contributed by atoms with van der Waals surface area (Å²) in [5.41, 5.74) is 8.98. The first kappa shape index (κ1) is 13.2. The van der Waals surface area contributed by atoms with Crippen LogP contribution >= 0.6 is 0 Å². The Kier molecular flexibility index (Phi) is 3.73. The Hall–Kier alpha value is -1.82. The normalized spacial score (nSPS) is 13.4. The van der Waals surface area contributed by atoms with Crippen molar-refractivity contribution in [1.29, 1.82) is 0 Å². The van der Waals surface area contributed by atoms with Gasteiger partial charge in [-0.1, -0.05) is 68.0 Å². The molecule has 0 atom stereocenters. The van der Waals surface area contributed by atoms with Crippen LogP contribution in [0.4, 0.5) is 0 Å². The first-order valence-corrected chi connectivity index (χ1v) is 7.73. The Morgan fingerprint density at radius 1 is 0.750 bits per heavy atom. The van der Waals surface area contributed by atoms with Crippen molar-refractivity contribution in [3.8, 4) is 0 Å². The van der Waals surface area contributed by atoms with Gasteiger partial charge in [0.2, 0.25) is 0 Å². The van der Waals surface area contributed by atoms with E-state index in [1.807, 2.05) is 0 Å². The van der Waals surface area contributed by atoms with Gasteiger partial charge in [0, 0.05) is 0 Å². The number of fused-ring (bicyclic) bond motifs is 2. The van der Waals surface area contributed by atoms with Crippen molar-refractivity contribution >= 4 is 5.57 Å². The number of hydrogen-bond acceptors (Lipinski definition) is 0. The number of allylic oxidation sites excluding steroid dienone is 1. The van der Waals surface area contributed by atoms with Crippen molar-refractivity contribution in [2.24, 2.45) is 0 Å². The molecule has 0 radical (unpaired) electrons. The predicted octanol–water partition coefficient (Wildman–Crippen LogP) is 5.41. The summed E-state index contributed by atoms with van der Waals surface area (Å²) in [5.74, 6) is 0. The maximum absolute atomic E-state index is 2.30. The number of hydrogen-bond donors (Lipinski definition) is 0. The molecule has 102 valence electrons. The SMILES string of the molecule is CCC(CC)=C1c2ccccc2CCc2ccccc21. The molecule has 0 fully saturated rings. The molecule has 2 aromatic rings. The zero-order chi connectivity index (χ0) is 13.9.